The summed E-state index contributed by atoms with van der Waals surface area (Å²) in [6, 6.07) is 21.1. The number of amides is 1. The van der Waals surface area contributed by atoms with Gasteiger partial charge in [0.05, 0.1) is 11.5 Å². The molecule has 1 atom stereocenters. The molecule has 0 radical (unpaired) electrons. The second kappa shape index (κ2) is 10.3. The highest BCUT2D eigenvalue weighted by molar-refractivity contribution is 5.98. The molecule has 0 spiro atoms. The number of esters is 1. The third-order valence-electron chi connectivity index (χ3n) is 5.84. The van der Waals surface area contributed by atoms with Crippen LogP contribution in [0.4, 0.5) is 5.69 Å². The third-order valence-corrected chi connectivity index (χ3v) is 5.84. The topological polar surface area (TPSA) is 68.3 Å². The van der Waals surface area contributed by atoms with Crippen molar-refractivity contribution in [1.82, 2.24) is 4.98 Å². The molecule has 0 bridgehead atoms. The Morgan fingerprint density at radius 2 is 1.65 bits per heavy atom. The number of benzene rings is 3. The minimum absolute atomic E-state index is 0.0510. The number of pyridine rings is 1. The number of anilines is 1. The molecule has 1 N–H and O–H groups in total. The van der Waals surface area contributed by atoms with Crippen LogP contribution in [0.5, 0.6) is 0 Å². The highest BCUT2D eigenvalue weighted by atomic mass is 16.5. The van der Waals surface area contributed by atoms with Gasteiger partial charge in [-0.15, -0.1) is 0 Å². The van der Waals surface area contributed by atoms with Crippen molar-refractivity contribution < 1.29 is 14.3 Å². The van der Waals surface area contributed by atoms with Crippen molar-refractivity contribution in [3.8, 4) is 0 Å². The molecule has 0 saturated heterocycles. The summed E-state index contributed by atoms with van der Waals surface area (Å²) in [5.41, 5.74) is 5.18. The summed E-state index contributed by atoms with van der Waals surface area (Å²) in [5, 5.41) is 5.09. The Hall–Kier alpha value is -3.99. The van der Waals surface area contributed by atoms with Crippen LogP contribution in [0.1, 0.15) is 51.9 Å². The molecule has 0 fully saturated rings. The first-order chi connectivity index (χ1) is 16.4. The van der Waals surface area contributed by atoms with Gasteiger partial charge in [0.2, 0.25) is 5.91 Å². The van der Waals surface area contributed by atoms with Crippen LogP contribution in [0, 0.1) is 13.8 Å². The molecule has 1 unspecified atom stereocenters. The van der Waals surface area contributed by atoms with Crippen molar-refractivity contribution in [2.75, 3.05) is 5.32 Å². The van der Waals surface area contributed by atoms with Crippen molar-refractivity contribution in [3.63, 3.8) is 0 Å². The van der Waals surface area contributed by atoms with E-state index in [2.05, 4.69) is 10.3 Å². The second-order valence-corrected chi connectivity index (χ2v) is 8.58. The smallest absolute Gasteiger partial charge is 0.338 e. The fourth-order valence-electron chi connectivity index (χ4n) is 4.13. The van der Waals surface area contributed by atoms with Crippen LogP contribution in [0.25, 0.3) is 10.8 Å². The van der Waals surface area contributed by atoms with Crippen molar-refractivity contribution in [3.05, 3.63) is 107 Å². The molecule has 172 valence electrons. The van der Waals surface area contributed by atoms with E-state index in [1.54, 1.807) is 12.4 Å². The lowest BCUT2D eigenvalue weighted by Gasteiger charge is -2.16. The van der Waals surface area contributed by atoms with Gasteiger partial charge in [-0.3, -0.25) is 9.78 Å². The fourth-order valence-corrected chi connectivity index (χ4v) is 4.13. The number of nitrogens with zero attached hydrogens (tertiary/aromatic N) is 1. The molecule has 0 saturated carbocycles. The van der Waals surface area contributed by atoms with Crippen LogP contribution >= 0.6 is 0 Å². The van der Waals surface area contributed by atoms with E-state index >= 15 is 0 Å². The van der Waals surface area contributed by atoms with Crippen molar-refractivity contribution >= 4 is 28.3 Å². The van der Waals surface area contributed by atoms with Crippen LogP contribution in [0.3, 0.4) is 0 Å². The lowest BCUT2D eigenvalue weighted by Crippen LogP contribution is -2.20. The number of fused-ring (bicyclic) bond motifs is 1. The van der Waals surface area contributed by atoms with E-state index in [1.165, 1.54) is 0 Å². The number of rotatable bonds is 7. The SMILES string of the molecule is CCC(C(=O)Nc1ccc2cnccc2c1)c1ccc(COC(=O)c2cc(C)cc(C)c2)cc1. The molecular formula is C29H28N2O3. The monoisotopic (exact) mass is 452 g/mol. The van der Waals surface area contributed by atoms with Crippen LogP contribution in [-0.4, -0.2) is 16.9 Å². The summed E-state index contributed by atoms with van der Waals surface area (Å²) in [6.07, 6.45) is 4.21. The van der Waals surface area contributed by atoms with Crippen LogP contribution in [-0.2, 0) is 16.1 Å². The van der Waals surface area contributed by atoms with Gasteiger partial charge in [0.15, 0.2) is 0 Å². The van der Waals surface area contributed by atoms with Crippen LogP contribution in [0.2, 0.25) is 0 Å². The van der Waals surface area contributed by atoms with E-state index in [4.69, 9.17) is 4.74 Å². The van der Waals surface area contributed by atoms with Gasteiger partial charge < -0.3 is 10.1 Å². The third kappa shape index (κ3) is 5.49. The first-order valence-corrected chi connectivity index (χ1v) is 11.4. The van der Waals surface area contributed by atoms with Crippen molar-refractivity contribution in [2.24, 2.45) is 0 Å². The minimum Gasteiger partial charge on any atom is -0.457 e. The predicted molar refractivity (Wildman–Crippen MR) is 135 cm³/mol. The molecule has 1 aromatic heterocycles. The quantitative estimate of drug-likeness (QED) is 0.332. The fraction of sp³-hybridized carbons (Fsp3) is 0.207. The zero-order valence-corrected chi connectivity index (χ0v) is 19.7. The molecule has 3 aromatic carbocycles. The van der Waals surface area contributed by atoms with E-state index in [0.717, 1.165) is 38.7 Å². The maximum atomic E-state index is 13.0. The average molecular weight is 453 g/mol. The number of aromatic nitrogens is 1. The average Bonchev–Trinajstić information content (AvgIpc) is 2.83. The normalized spacial score (nSPS) is 11.7. The van der Waals surface area contributed by atoms with Gasteiger partial charge in [0.25, 0.3) is 0 Å². The zero-order chi connectivity index (χ0) is 24.1. The lowest BCUT2D eigenvalue weighted by molar-refractivity contribution is -0.117. The molecule has 0 aliphatic heterocycles. The van der Waals surface area contributed by atoms with Gasteiger partial charge in [-0.2, -0.15) is 0 Å². The number of hydrogen-bond donors (Lipinski definition) is 1. The number of aryl methyl sites for hydroxylation is 2. The molecule has 5 nitrogen and oxygen atoms in total. The van der Waals surface area contributed by atoms with E-state index in [0.29, 0.717) is 12.0 Å². The van der Waals surface area contributed by atoms with Gasteiger partial charge >= 0.3 is 5.97 Å². The van der Waals surface area contributed by atoms with Gasteiger partial charge in [-0.05, 0) is 67.1 Å². The first-order valence-electron chi connectivity index (χ1n) is 11.4. The highest BCUT2D eigenvalue weighted by Crippen LogP contribution is 2.24. The summed E-state index contributed by atoms with van der Waals surface area (Å²) >= 11 is 0. The highest BCUT2D eigenvalue weighted by Gasteiger charge is 2.19. The van der Waals surface area contributed by atoms with Gasteiger partial charge in [0, 0.05) is 23.5 Å². The zero-order valence-electron chi connectivity index (χ0n) is 19.7. The molecular weight excluding hydrogens is 424 g/mol. The number of hydrogen-bond acceptors (Lipinski definition) is 4. The molecule has 0 aliphatic rings. The second-order valence-electron chi connectivity index (χ2n) is 8.58. The summed E-state index contributed by atoms with van der Waals surface area (Å²) in [7, 11) is 0. The number of carbonyl (C=O) groups is 2. The Kier molecular flexibility index (Phi) is 7.02. The Labute approximate surface area is 199 Å². The van der Waals surface area contributed by atoms with Crippen LogP contribution in [0.15, 0.2) is 79.1 Å². The standard InChI is InChI=1S/C29H28N2O3/c1-4-27(28(32)31-26-10-9-24-17-30-12-11-23(24)16-26)22-7-5-21(6-8-22)18-34-29(33)25-14-19(2)13-20(3)15-25/h5-17,27H,4,18H2,1-3H3,(H,31,32). The Balaban J connectivity index is 1.39. The lowest BCUT2D eigenvalue weighted by atomic mass is 9.94. The first kappa shape index (κ1) is 23.2. The molecule has 34 heavy (non-hydrogen) atoms. The Morgan fingerprint density at radius 3 is 2.35 bits per heavy atom. The molecule has 4 aromatic rings. The summed E-state index contributed by atoms with van der Waals surface area (Å²) in [6.45, 7) is 6.09. The van der Waals surface area contributed by atoms with E-state index in [1.807, 2.05) is 87.5 Å². The summed E-state index contributed by atoms with van der Waals surface area (Å²) < 4.78 is 5.49. The predicted octanol–water partition coefficient (Wildman–Crippen LogP) is 6.34. The van der Waals surface area contributed by atoms with Crippen LogP contribution < -0.4 is 5.32 Å². The molecule has 0 aliphatic carbocycles. The minimum atomic E-state index is -0.340. The molecule has 1 amide bonds. The van der Waals surface area contributed by atoms with Gasteiger partial charge in [0.1, 0.15) is 6.61 Å². The number of nitrogens with one attached hydrogen (secondary N) is 1. The Morgan fingerprint density at radius 1 is 0.912 bits per heavy atom. The molecule has 4 rings (SSSR count). The van der Waals surface area contributed by atoms with Crippen molar-refractivity contribution in [1.29, 1.82) is 0 Å². The largest absolute Gasteiger partial charge is 0.457 e. The maximum Gasteiger partial charge on any atom is 0.338 e. The van der Waals surface area contributed by atoms with Gasteiger partial charge in [-0.25, -0.2) is 4.79 Å². The Bertz CT molecular complexity index is 1310. The molecule has 1 heterocycles. The number of ether oxygens (including phenoxy) is 1. The maximum absolute atomic E-state index is 13.0. The van der Waals surface area contributed by atoms with Gasteiger partial charge in [-0.1, -0.05) is 54.4 Å². The molecule has 5 heteroatoms. The summed E-state index contributed by atoms with van der Waals surface area (Å²) in [5.74, 6) is -0.669. The van der Waals surface area contributed by atoms with E-state index in [9.17, 15) is 9.59 Å². The number of carbonyl (C=O) groups excluding carboxylic acids is 2. The van der Waals surface area contributed by atoms with E-state index < -0.39 is 0 Å². The van der Waals surface area contributed by atoms with Crippen molar-refractivity contribution in [2.45, 2.75) is 39.7 Å². The van der Waals surface area contributed by atoms with E-state index in [-0.39, 0.29) is 24.4 Å². The summed E-state index contributed by atoms with van der Waals surface area (Å²) in [4.78, 5) is 29.5.